The van der Waals surface area contributed by atoms with Crippen molar-refractivity contribution in [2.75, 3.05) is 5.32 Å². The van der Waals surface area contributed by atoms with Crippen molar-refractivity contribution >= 4 is 40.1 Å². The predicted octanol–water partition coefficient (Wildman–Crippen LogP) is 5.10. The highest BCUT2D eigenvalue weighted by atomic mass is 127. The van der Waals surface area contributed by atoms with Crippen LogP contribution in [0, 0.1) is 10.5 Å². The summed E-state index contributed by atoms with van der Waals surface area (Å²) in [6, 6.07) is 24.0. The minimum atomic E-state index is -0.418. The van der Waals surface area contributed by atoms with E-state index in [9.17, 15) is 9.59 Å². The van der Waals surface area contributed by atoms with Gasteiger partial charge in [-0.25, -0.2) is 0 Å². The third-order valence-corrected chi connectivity index (χ3v) is 5.07. The average molecular weight is 484 g/mol. The zero-order valence-corrected chi connectivity index (χ0v) is 17.6. The Morgan fingerprint density at radius 2 is 1.57 bits per heavy atom. The first-order chi connectivity index (χ1) is 13.5. The van der Waals surface area contributed by atoms with E-state index in [0.717, 1.165) is 20.4 Å². The Kier molecular flexibility index (Phi) is 6.81. The first kappa shape index (κ1) is 20.1. The van der Waals surface area contributed by atoms with Crippen LogP contribution in [-0.2, 0) is 4.79 Å². The molecule has 3 aromatic carbocycles. The summed E-state index contributed by atoms with van der Waals surface area (Å²) < 4.78 is 1.12. The van der Waals surface area contributed by atoms with Crippen LogP contribution in [0.3, 0.4) is 0 Å². The summed E-state index contributed by atoms with van der Waals surface area (Å²) in [6.45, 7) is 1.96. The van der Waals surface area contributed by atoms with Gasteiger partial charge in [0.15, 0.2) is 0 Å². The van der Waals surface area contributed by atoms with Crippen LogP contribution in [0.5, 0.6) is 0 Å². The van der Waals surface area contributed by atoms with E-state index in [2.05, 4.69) is 33.2 Å². The number of hydrogen-bond acceptors (Lipinski definition) is 2. The summed E-state index contributed by atoms with van der Waals surface area (Å²) in [6.07, 6.45) is 0.147. The summed E-state index contributed by atoms with van der Waals surface area (Å²) in [4.78, 5) is 25.3. The molecule has 0 saturated heterocycles. The SMILES string of the molecule is Cc1cc(I)ccc1NC(=O)C[C@H](NC(=O)c1ccccc1)c1ccccc1. The van der Waals surface area contributed by atoms with Gasteiger partial charge >= 0.3 is 0 Å². The van der Waals surface area contributed by atoms with Crippen LogP contribution in [0.25, 0.3) is 0 Å². The van der Waals surface area contributed by atoms with Crippen molar-refractivity contribution in [2.24, 2.45) is 0 Å². The topological polar surface area (TPSA) is 58.2 Å². The Morgan fingerprint density at radius 1 is 0.929 bits per heavy atom. The van der Waals surface area contributed by atoms with Crippen LogP contribution in [0.4, 0.5) is 5.69 Å². The molecular formula is C23H21IN2O2. The van der Waals surface area contributed by atoms with E-state index in [1.807, 2.05) is 73.7 Å². The van der Waals surface area contributed by atoms with E-state index in [1.165, 1.54) is 0 Å². The van der Waals surface area contributed by atoms with Crippen LogP contribution < -0.4 is 10.6 Å². The number of benzene rings is 3. The number of nitrogens with one attached hydrogen (secondary N) is 2. The van der Waals surface area contributed by atoms with Gasteiger partial charge in [-0.15, -0.1) is 0 Å². The number of hydrogen-bond donors (Lipinski definition) is 2. The lowest BCUT2D eigenvalue weighted by atomic mass is 10.0. The van der Waals surface area contributed by atoms with Crippen molar-refractivity contribution in [3.8, 4) is 0 Å². The van der Waals surface area contributed by atoms with E-state index < -0.39 is 6.04 Å². The van der Waals surface area contributed by atoms with Crippen molar-refractivity contribution in [3.05, 3.63) is 99.1 Å². The second kappa shape index (κ2) is 9.50. The highest BCUT2D eigenvalue weighted by Crippen LogP contribution is 2.21. The normalized spacial score (nSPS) is 11.5. The summed E-state index contributed by atoms with van der Waals surface area (Å²) in [7, 11) is 0. The molecule has 0 aliphatic rings. The third-order valence-electron chi connectivity index (χ3n) is 4.40. The van der Waals surface area contributed by atoms with Crippen LogP contribution in [0.1, 0.15) is 33.9 Å². The quantitative estimate of drug-likeness (QED) is 0.479. The second-order valence-electron chi connectivity index (χ2n) is 6.51. The highest BCUT2D eigenvalue weighted by molar-refractivity contribution is 14.1. The Bertz CT molecular complexity index is 959. The molecule has 142 valence electrons. The fourth-order valence-corrected chi connectivity index (χ4v) is 3.57. The monoisotopic (exact) mass is 484 g/mol. The van der Waals surface area contributed by atoms with Gasteiger partial charge in [-0.1, -0.05) is 48.5 Å². The molecule has 0 spiro atoms. The maximum atomic E-state index is 12.7. The molecule has 0 aromatic heterocycles. The summed E-state index contributed by atoms with van der Waals surface area (Å²) in [5.74, 6) is -0.348. The lowest BCUT2D eigenvalue weighted by Gasteiger charge is -2.19. The fraction of sp³-hybridized carbons (Fsp3) is 0.130. The number of carbonyl (C=O) groups is 2. The molecule has 0 heterocycles. The minimum absolute atomic E-state index is 0.147. The molecule has 2 N–H and O–H groups in total. The molecule has 4 nitrogen and oxygen atoms in total. The third kappa shape index (κ3) is 5.42. The lowest BCUT2D eigenvalue weighted by Crippen LogP contribution is -2.31. The second-order valence-corrected chi connectivity index (χ2v) is 7.76. The van der Waals surface area contributed by atoms with Crippen molar-refractivity contribution in [3.63, 3.8) is 0 Å². The number of rotatable bonds is 6. The molecule has 0 radical (unpaired) electrons. The van der Waals surface area contributed by atoms with Gasteiger partial charge in [0.05, 0.1) is 12.5 Å². The number of amides is 2. The zero-order chi connectivity index (χ0) is 19.9. The standard InChI is InChI=1S/C23H21IN2O2/c1-16-14-19(24)12-13-20(16)25-22(27)15-21(17-8-4-2-5-9-17)26-23(28)18-10-6-3-7-11-18/h2-14,21H,15H2,1H3,(H,25,27)(H,26,28)/t21-/m0/s1. The Morgan fingerprint density at radius 3 is 2.21 bits per heavy atom. The maximum Gasteiger partial charge on any atom is 0.251 e. The van der Waals surface area contributed by atoms with Gasteiger partial charge in [0.2, 0.25) is 5.91 Å². The molecule has 5 heteroatoms. The van der Waals surface area contributed by atoms with Crippen molar-refractivity contribution in [2.45, 2.75) is 19.4 Å². The number of halogens is 1. The summed E-state index contributed by atoms with van der Waals surface area (Å²) >= 11 is 2.24. The minimum Gasteiger partial charge on any atom is -0.345 e. The fourth-order valence-electron chi connectivity index (χ4n) is 2.92. The average Bonchev–Trinajstić information content (AvgIpc) is 2.71. The van der Waals surface area contributed by atoms with Crippen molar-refractivity contribution < 1.29 is 9.59 Å². The molecule has 1 atom stereocenters. The Hall–Kier alpha value is -2.67. The Balaban J connectivity index is 1.75. The molecule has 0 aliphatic carbocycles. The molecule has 0 fully saturated rings. The van der Waals surface area contributed by atoms with E-state index in [-0.39, 0.29) is 18.2 Å². The van der Waals surface area contributed by atoms with Crippen molar-refractivity contribution in [1.29, 1.82) is 0 Å². The van der Waals surface area contributed by atoms with Crippen LogP contribution in [-0.4, -0.2) is 11.8 Å². The highest BCUT2D eigenvalue weighted by Gasteiger charge is 2.19. The van der Waals surface area contributed by atoms with Crippen LogP contribution in [0.2, 0.25) is 0 Å². The molecular weight excluding hydrogens is 463 g/mol. The summed E-state index contributed by atoms with van der Waals surface area (Å²) in [5.41, 5.74) is 3.25. The molecule has 0 saturated carbocycles. The smallest absolute Gasteiger partial charge is 0.251 e. The largest absolute Gasteiger partial charge is 0.345 e. The van der Waals surface area contributed by atoms with E-state index in [0.29, 0.717) is 5.56 Å². The first-order valence-electron chi connectivity index (χ1n) is 9.00. The van der Waals surface area contributed by atoms with Gasteiger partial charge in [0.25, 0.3) is 5.91 Å². The van der Waals surface area contributed by atoms with Gasteiger partial charge in [-0.2, -0.15) is 0 Å². The molecule has 28 heavy (non-hydrogen) atoms. The molecule has 3 aromatic rings. The zero-order valence-electron chi connectivity index (χ0n) is 15.5. The van der Waals surface area contributed by atoms with E-state index in [1.54, 1.807) is 12.1 Å². The molecule has 3 rings (SSSR count). The summed E-state index contributed by atoms with van der Waals surface area (Å²) in [5, 5.41) is 5.95. The van der Waals surface area contributed by atoms with E-state index in [4.69, 9.17) is 0 Å². The van der Waals surface area contributed by atoms with Gasteiger partial charge in [0.1, 0.15) is 0 Å². The number of aryl methyl sites for hydroxylation is 1. The van der Waals surface area contributed by atoms with Crippen LogP contribution >= 0.6 is 22.6 Å². The predicted molar refractivity (Wildman–Crippen MR) is 120 cm³/mol. The van der Waals surface area contributed by atoms with Crippen molar-refractivity contribution in [1.82, 2.24) is 5.32 Å². The van der Waals surface area contributed by atoms with Gasteiger partial charge in [0, 0.05) is 14.8 Å². The first-order valence-corrected chi connectivity index (χ1v) is 10.1. The lowest BCUT2D eigenvalue weighted by molar-refractivity contribution is -0.116. The van der Waals surface area contributed by atoms with Crippen LogP contribution in [0.15, 0.2) is 78.9 Å². The van der Waals surface area contributed by atoms with Gasteiger partial charge < -0.3 is 10.6 Å². The van der Waals surface area contributed by atoms with Gasteiger partial charge in [-0.05, 0) is 71.0 Å². The molecule has 0 bridgehead atoms. The van der Waals surface area contributed by atoms with E-state index >= 15 is 0 Å². The number of carbonyl (C=O) groups excluding carboxylic acids is 2. The number of anilines is 1. The molecule has 2 amide bonds. The molecule has 0 unspecified atom stereocenters. The Labute approximate surface area is 178 Å². The maximum absolute atomic E-state index is 12.7. The molecule has 0 aliphatic heterocycles. The van der Waals surface area contributed by atoms with Gasteiger partial charge in [-0.3, -0.25) is 9.59 Å².